The predicted molar refractivity (Wildman–Crippen MR) is 69.5 cm³/mol. The number of nitrogens with zero attached hydrogens (tertiary/aromatic N) is 1. The van der Waals surface area contributed by atoms with E-state index in [1.165, 1.54) is 19.4 Å². The molecule has 0 amide bonds. The van der Waals surface area contributed by atoms with Crippen molar-refractivity contribution in [1.82, 2.24) is 4.90 Å². The van der Waals surface area contributed by atoms with E-state index in [0.717, 1.165) is 0 Å². The molecule has 1 aliphatic heterocycles. The van der Waals surface area contributed by atoms with Gasteiger partial charge in [-0.05, 0) is 44.7 Å². The Labute approximate surface area is 98.1 Å². The Hall–Kier alpha value is -0.340. The van der Waals surface area contributed by atoms with E-state index in [-0.39, 0.29) is 0 Å². The fraction of sp³-hybridized carbons (Fsp3) is 0.692. The van der Waals surface area contributed by atoms with Crippen molar-refractivity contribution in [2.45, 2.75) is 52.6 Å². The maximum Gasteiger partial charge on any atom is 0.0444 e. The maximum atomic E-state index is 2.62. The zero-order chi connectivity index (χ0) is 11.3. The van der Waals surface area contributed by atoms with Gasteiger partial charge < -0.3 is 0 Å². The molecule has 1 fully saturated rings. The Morgan fingerprint density at radius 1 is 1.40 bits per heavy atom. The van der Waals surface area contributed by atoms with Crippen LogP contribution in [0.3, 0.4) is 0 Å². The lowest BCUT2D eigenvalue weighted by Crippen LogP contribution is -2.29. The molecule has 0 saturated carbocycles. The molecular weight excluding hydrogens is 202 g/mol. The molecule has 1 nitrogen and oxygen atoms in total. The highest BCUT2D eigenvalue weighted by Gasteiger charge is 2.27. The van der Waals surface area contributed by atoms with E-state index in [4.69, 9.17) is 0 Å². The molecule has 1 unspecified atom stereocenters. The van der Waals surface area contributed by atoms with Crippen LogP contribution in [0, 0.1) is 0 Å². The highest BCUT2D eigenvalue weighted by molar-refractivity contribution is 7.10. The number of hydrogen-bond donors (Lipinski definition) is 0. The maximum absolute atomic E-state index is 2.62. The van der Waals surface area contributed by atoms with Gasteiger partial charge in [0.1, 0.15) is 0 Å². The molecule has 0 N–H and O–H groups in total. The minimum atomic E-state index is 0.689. The number of rotatable bonds is 2. The third kappa shape index (κ3) is 3.05. The van der Waals surface area contributed by atoms with Gasteiger partial charge in [-0.1, -0.05) is 19.9 Å². The second kappa shape index (κ2) is 6.29. The monoisotopic (exact) mass is 225 g/mol. The van der Waals surface area contributed by atoms with Crippen molar-refractivity contribution < 1.29 is 0 Å². The summed E-state index contributed by atoms with van der Waals surface area (Å²) in [6, 6.07) is 5.84. The summed E-state index contributed by atoms with van der Waals surface area (Å²) in [6.07, 6.45) is 2.71. The van der Waals surface area contributed by atoms with Gasteiger partial charge in [0.25, 0.3) is 0 Å². The summed E-state index contributed by atoms with van der Waals surface area (Å²) in [4.78, 5) is 4.16. The van der Waals surface area contributed by atoms with Gasteiger partial charge in [0.15, 0.2) is 0 Å². The van der Waals surface area contributed by atoms with E-state index >= 15 is 0 Å². The zero-order valence-corrected chi connectivity index (χ0v) is 11.2. The number of thiophene rings is 1. The molecular formula is C13H23NS. The van der Waals surface area contributed by atoms with Crippen LogP contribution in [0.2, 0.25) is 0 Å². The molecule has 1 aromatic rings. The molecule has 1 aliphatic rings. The first-order valence-electron chi connectivity index (χ1n) is 6.08. The molecule has 2 rings (SSSR count). The molecule has 1 aromatic heterocycles. The van der Waals surface area contributed by atoms with E-state index in [0.29, 0.717) is 12.1 Å². The van der Waals surface area contributed by atoms with Crippen molar-refractivity contribution in [2.24, 2.45) is 0 Å². The first kappa shape index (κ1) is 12.7. The van der Waals surface area contributed by atoms with Gasteiger partial charge in [-0.2, -0.15) is 0 Å². The summed E-state index contributed by atoms with van der Waals surface area (Å²) in [5, 5.41) is 2.19. The van der Waals surface area contributed by atoms with Gasteiger partial charge in [0, 0.05) is 17.0 Å². The van der Waals surface area contributed by atoms with Crippen molar-refractivity contribution in [1.29, 1.82) is 0 Å². The summed E-state index contributed by atoms with van der Waals surface area (Å²) in [7, 11) is 0. The number of likely N-dealkylation sites (tertiary alicyclic amines) is 1. The summed E-state index contributed by atoms with van der Waals surface area (Å²) < 4.78 is 0. The smallest absolute Gasteiger partial charge is 0.0444 e. The minimum Gasteiger partial charge on any atom is -0.293 e. The lowest BCUT2D eigenvalue weighted by molar-refractivity contribution is 0.208. The molecule has 0 aliphatic carbocycles. The van der Waals surface area contributed by atoms with Gasteiger partial charge in [-0.25, -0.2) is 0 Å². The van der Waals surface area contributed by atoms with Crippen molar-refractivity contribution in [3.05, 3.63) is 22.4 Å². The van der Waals surface area contributed by atoms with Gasteiger partial charge in [0.2, 0.25) is 0 Å². The van der Waals surface area contributed by atoms with Crippen LogP contribution in [0.25, 0.3) is 0 Å². The van der Waals surface area contributed by atoms with Crippen molar-refractivity contribution in [2.75, 3.05) is 6.54 Å². The lowest BCUT2D eigenvalue weighted by Gasteiger charge is -2.27. The molecule has 86 valence electrons. The van der Waals surface area contributed by atoms with Gasteiger partial charge in [-0.3, -0.25) is 4.90 Å². The SMILES string of the molecule is CC.CC(C)N1CCCC1c1cccs1. The summed E-state index contributed by atoms with van der Waals surface area (Å²) in [5.41, 5.74) is 0. The molecule has 0 aromatic carbocycles. The Balaban J connectivity index is 0.000000531. The van der Waals surface area contributed by atoms with Crippen molar-refractivity contribution in [3.63, 3.8) is 0 Å². The second-order valence-electron chi connectivity index (χ2n) is 4.01. The van der Waals surface area contributed by atoms with Crippen LogP contribution in [0.1, 0.15) is 51.5 Å². The van der Waals surface area contributed by atoms with Crippen LogP contribution in [-0.2, 0) is 0 Å². The Morgan fingerprint density at radius 2 is 2.13 bits per heavy atom. The summed E-state index contributed by atoms with van der Waals surface area (Å²) >= 11 is 1.90. The lowest BCUT2D eigenvalue weighted by atomic mass is 10.1. The first-order valence-corrected chi connectivity index (χ1v) is 6.96. The van der Waals surface area contributed by atoms with Crippen LogP contribution < -0.4 is 0 Å². The Bertz CT molecular complexity index is 254. The van der Waals surface area contributed by atoms with E-state index < -0.39 is 0 Å². The molecule has 15 heavy (non-hydrogen) atoms. The van der Waals surface area contributed by atoms with E-state index in [9.17, 15) is 0 Å². The molecule has 0 radical (unpaired) electrons. The van der Waals surface area contributed by atoms with Gasteiger partial charge >= 0.3 is 0 Å². The van der Waals surface area contributed by atoms with Gasteiger partial charge in [-0.15, -0.1) is 11.3 Å². The van der Waals surface area contributed by atoms with E-state index in [1.54, 1.807) is 4.88 Å². The Kier molecular flexibility index (Phi) is 5.34. The fourth-order valence-electron chi connectivity index (χ4n) is 2.19. The minimum absolute atomic E-state index is 0.689. The third-order valence-corrected chi connectivity index (χ3v) is 3.80. The molecule has 2 heterocycles. The largest absolute Gasteiger partial charge is 0.293 e. The quantitative estimate of drug-likeness (QED) is 0.724. The van der Waals surface area contributed by atoms with E-state index in [2.05, 4.69) is 36.3 Å². The van der Waals surface area contributed by atoms with Crippen LogP contribution in [0.15, 0.2) is 17.5 Å². The predicted octanol–water partition coefficient (Wildman–Crippen LogP) is 4.32. The topological polar surface area (TPSA) is 3.24 Å². The molecule has 2 heteroatoms. The normalized spacial score (nSPS) is 21.5. The average Bonchev–Trinajstić information content (AvgIpc) is 2.91. The van der Waals surface area contributed by atoms with Crippen LogP contribution >= 0.6 is 11.3 Å². The number of hydrogen-bond acceptors (Lipinski definition) is 2. The fourth-order valence-corrected chi connectivity index (χ4v) is 3.08. The molecule has 0 spiro atoms. The Morgan fingerprint density at radius 3 is 2.67 bits per heavy atom. The third-order valence-electron chi connectivity index (χ3n) is 2.83. The highest BCUT2D eigenvalue weighted by atomic mass is 32.1. The van der Waals surface area contributed by atoms with Crippen LogP contribution in [0.4, 0.5) is 0 Å². The average molecular weight is 225 g/mol. The summed E-state index contributed by atoms with van der Waals surface area (Å²) in [6.45, 7) is 9.87. The molecule has 1 saturated heterocycles. The molecule has 1 atom stereocenters. The second-order valence-corrected chi connectivity index (χ2v) is 4.98. The zero-order valence-electron chi connectivity index (χ0n) is 10.4. The van der Waals surface area contributed by atoms with E-state index in [1.807, 2.05) is 25.2 Å². The van der Waals surface area contributed by atoms with Crippen LogP contribution in [-0.4, -0.2) is 17.5 Å². The standard InChI is InChI=1S/C11H17NS.C2H6/c1-9(2)12-7-3-5-10(12)11-6-4-8-13-11;1-2/h4,6,8-10H,3,5,7H2,1-2H3;1-2H3. The van der Waals surface area contributed by atoms with Crippen molar-refractivity contribution >= 4 is 11.3 Å². The summed E-state index contributed by atoms with van der Waals surface area (Å²) in [5.74, 6) is 0. The van der Waals surface area contributed by atoms with Crippen molar-refractivity contribution in [3.8, 4) is 0 Å². The van der Waals surface area contributed by atoms with Gasteiger partial charge in [0.05, 0.1) is 0 Å². The van der Waals surface area contributed by atoms with Crippen LogP contribution in [0.5, 0.6) is 0 Å². The highest BCUT2D eigenvalue weighted by Crippen LogP contribution is 2.35. The molecule has 0 bridgehead atoms. The first-order chi connectivity index (χ1) is 7.29.